The molecular formula is C9H14BrNOS. The van der Waals surface area contributed by atoms with E-state index < -0.39 is 0 Å². The van der Waals surface area contributed by atoms with E-state index in [2.05, 4.69) is 35.1 Å². The molecule has 0 aliphatic carbocycles. The highest BCUT2D eigenvalue weighted by atomic mass is 79.9. The molecule has 0 aliphatic rings. The van der Waals surface area contributed by atoms with Crippen molar-refractivity contribution in [2.45, 2.75) is 25.8 Å². The fraction of sp³-hybridized carbons (Fsp3) is 0.556. The Bertz CT molecular complexity index is 272. The van der Waals surface area contributed by atoms with E-state index in [9.17, 15) is 0 Å². The van der Waals surface area contributed by atoms with Crippen LogP contribution in [0.1, 0.15) is 20.3 Å². The monoisotopic (exact) mass is 263 g/mol. The van der Waals surface area contributed by atoms with Crippen molar-refractivity contribution >= 4 is 32.3 Å². The van der Waals surface area contributed by atoms with E-state index >= 15 is 0 Å². The van der Waals surface area contributed by atoms with E-state index in [0.29, 0.717) is 0 Å². The van der Waals surface area contributed by atoms with E-state index in [-0.39, 0.29) is 12.1 Å². The average Bonchev–Trinajstić information content (AvgIpc) is 2.34. The number of aliphatic hydroxyl groups excluding tert-OH is 1. The van der Waals surface area contributed by atoms with Crippen molar-refractivity contribution in [2.75, 3.05) is 11.9 Å². The Morgan fingerprint density at radius 3 is 2.69 bits per heavy atom. The lowest BCUT2D eigenvalue weighted by molar-refractivity contribution is 0.261. The van der Waals surface area contributed by atoms with Crippen LogP contribution >= 0.6 is 27.3 Å². The Kier molecular flexibility index (Phi) is 3.76. The lowest BCUT2D eigenvalue weighted by Gasteiger charge is -2.25. The van der Waals surface area contributed by atoms with Crippen LogP contribution in [0.25, 0.3) is 0 Å². The molecule has 0 unspecified atom stereocenters. The SMILES string of the molecule is CC(C)(CCO)Nc1ccc(Br)s1. The Morgan fingerprint density at radius 2 is 2.23 bits per heavy atom. The van der Waals surface area contributed by atoms with Crippen LogP contribution < -0.4 is 5.32 Å². The third-order valence-corrected chi connectivity index (χ3v) is 3.31. The summed E-state index contributed by atoms with van der Waals surface area (Å²) in [6, 6.07) is 4.05. The molecule has 4 heteroatoms. The van der Waals surface area contributed by atoms with Crippen molar-refractivity contribution in [3.05, 3.63) is 15.9 Å². The molecular weight excluding hydrogens is 250 g/mol. The number of hydrogen-bond acceptors (Lipinski definition) is 3. The van der Waals surface area contributed by atoms with Gasteiger partial charge in [0.1, 0.15) is 0 Å². The molecule has 0 aliphatic heterocycles. The van der Waals surface area contributed by atoms with Crippen LogP contribution in [0.3, 0.4) is 0 Å². The predicted octanol–water partition coefficient (Wildman–Crippen LogP) is 3.08. The van der Waals surface area contributed by atoms with Crippen LogP contribution in [0.15, 0.2) is 15.9 Å². The first-order valence-corrected chi connectivity index (χ1v) is 5.79. The molecule has 0 bridgehead atoms. The fourth-order valence-electron chi connectivity index (χ4n) is 1.06. The second-order valence-corrected chi connectivity index (χ2v) is 6.05. The summed E-state index contributed by atoms with van der Waals surface area (Å²) in [7, 11) is 0. The van der Waals surface area contributed by atoms with E-state index in [1.165, 1.54) is 0 Å². The minimum absolute atomic E-state index is 0.0426. The summed E-state index contributed by atoms with van der Waals surface area (Å²) in [5, 5.41) is 13.3. The first-order chi connectivity index (χ1) is 6.03. The molecule has 2 N–H and O–H groups in total. The predicted molar refractivity (Wildman–Crippen MR) is 61.4 cm³/mol. The second kappa shape index (κ2) is 4.44. The molecule has 0 aromatic carbocycles. The zero-order valence-electron chi connectivity index (χ0n) is 7.80. The maximum absolute atomic E-state index is 8.84. The van der Waals surface area contributed by atoms with Crippen LogP contribution in [-0.4, -0.2) is 17.3 Å². The third kappa shape index (κ3) is 3.67. The van der Waals surface area contributed by atoms with Crippen LogP contribution in [0, 0.1) is 0 Å². The van der Waals surface area contributed by atoms with E-state index in [4.69, 9.17) is 5.11 Å². The van der Waals surface area contributed by atoms with Gasteiger partial charge in [0.15, 0.2) is 0 Å². The average molecular weight is 264 g/mol. The van der Waals surface area contributed by atoms with Crippen molar-refractivity contribution in [3.63, 3.8) is 0 Å². The van der Waals surface area contributed by atoms with E-state index in [0.717, 1.165) is 15.2 Å². The molecule has 0 saturated carbocycles. The summed E-state index contributed by atoms with van der Waals surface area (Å²) in [5.41, 5.74) is -0.0426. The Balaban J connectivity index is 2.57. The number of aliphatic hydroxyl groups is 1. The van der Waals surface area contributed by atoms with Crippen molar-refractivity contribution in [1.29, 1.82) is 0 Å². The summed E-state index contributed by atoms with van der Waals surface area (Å²) < 4.78 is 1.12. The lowest BCUT2D eigenvalue weighted by atomic mass is 10.0. The molecule has 2 nitrogen and oxygen atoms in total. The zero-order chi connectivity index (χ0) is 9.90. The molecule has 1 rings (SSSR count). The highest BCUT2D eigenvalue weighted by Crippen LogP contribution is 2.29. The molecule has 1 aromatic heterocycles. The number of nitrogens with one attached hydrogen (secondary N) is 1. The number of halogens is 1. The minimum Gasteiger partial charge on any atom is -0.396 e. The molecule has 1 heterocycles. The molecule has 0 fully saturated rings. The largest absolute Gasteiger partial charge is 0.396 e. The van der Waals surface area contributed by atoms with Crippen molar-refractivity contribution in [1.82, 2.24) is 0 Å². The Morgan fingerprint density at radius 1 is 1.54 bits per heavy atom. The highest BCUT2D eigenvalue weighted by molar-refractivity contribution is 9.11. The Hall–Kier alpha value is -0.0600. The second-order valence-electron chi connectivity index (χ2n) is 3.59. The topological polar surface area (TPSA) is 32.3 Å². The first-order valence-electron chi connectivity index (χ1n) is 4.18. The van der Waals surface area contributed by atoms with E-state index in [1.807, 2.05) is 12.1 Å². The van der Waals surface area contributed by atoms with Gasteiger partial charge in [0.05, 0.1) is 8.79 Å². The molecule has 13 heavy (non-hydrogen) atoms. The van der Waals surface area contributed by atoms with Crippen LogP contribution in [0.2, 0.25) is 0 Å². The standard InChI is InChI=1S/C9H14BrNOS/c1-9(2,5-6-12)11-8-4-3-7(10)13-8/h3-4,11-12H,5-6H2,1-2H3. The highest BCUT2D eigenvalue weighted by Gasteiger charge is 2.16. The number of rotatable bonds is 4. The maximum atomic E-state index is 8.84. The fourth-order valence-corrected chi connectivity index (χ4v) is 2.52. The van der Waals surface area contributed by atoms with Gasteiger partial charge in [-0.15, -0.1) is 11.3 Å². The minimum atomic E-state index is -0.0426. The zero-order valence-corrected chi connectivity index (χ0v) is 10.2. The van der Waals surface area contributed by atoms with Gasteiger partial charge in [0.25, 0.3) is 0 Å². The van der Waals surface area contributed by atoms with Crippen molar-refractivity contribution in [3.8, 4) is 0 Å². The number of anilines is 1. The van der Waals surface area contributed by atoms with Crippen LogP contribution in [0.4, 0.5) is 5.00 Å². The van der Waals surface area contributed by atoms with Crippen molar-refractivity contribution < 1.29 is 5.11 Å². The van der Waals surface area contributed by atoms with Gasteiger partial charge in [-0.3, -0.25) is 0 Å². The van der Waals surface area contributed by atoms with Gasteiger partial charge in [-0.25, -0.2) is 0 Å². The molecule has 74 valence electrons. The van der Waals surface area contributed by atoms with Gasteiger partial charge in [-0.2, -0.15) is 0 Å². The van der Waals surface area contributed by atoms with Crippen LogP contribution in [0.5, 0.6) is 0 Å². The van der Waals surface area contributed by atoms with Gasteiger partial charge in [-0.05, 0) is 48.3 Å². The maximum Gasteiger partial charge on any atom is 0.0898 e. The molecule has 0 amide bonds. The van der Waals surface area contributed by atoms with Gasteiger partial charge in [0, 0.05) is 12.1 Å². The summed E-state index contributed by atoms with van der Waals surface area (Å²) >= 11 is 5.07. The molecule has 0 spiro atoms. The summed E-state index contributed by atoms with van der Waals surface area (Å²) in [4.78, 5) is 0. The van der Waals surface area contributed by atoms with Gasteiger partial charge in [-0.1, -0.05) is 0 Å². The normalized spacial score (nSPS) is 11.7. The van der Waals surface area contributed by atoms with Gasteiger partial charge in [0.2, 0.25) is 0 Å². The molecule has 0 radical (unpaired) electrons. The first kappa shape index (κ1) is 11.0. The van der Waals surface area contributed by atoms with Gasteiger partial charge < -0.3 is 10.4 Å². The van der Waals surface area contributed by atoms with Crippen LogP contribution in [-0.2, 0) is 0 Å². The third-order valence-electron chi connectivity index (χ3n) is 1.77. The van der Waals surface area contributed by atoms with Crippen molar-refractivity contribution in [2.24, 2.45) is 0 Å². The molecule has 0 atom stereocenters. The lowest BCUT2D eigenvalue weighted by Crippen LogP contribution is -2.31. The summed E-state index contributed by atoms with van der Waals surface area (Å²) in [6.45, 7) is 4.38. The number of thiophene rings is 1. The smallest absolute Gasteiger partial charge is 0.0898 e. The molecule has 0 saturated heterocycles. The quantitative estimate of drug-likeness (QED) is 0.875. The molecule has 1 aromatic rings. The Labute approximate surface area is 91.1 Å². The summed E-state index contributed by atoms with van der Waals surface area (Å²) in [5.74, 6) is 0. The van der Waals surface area contributed by atoms with Gasteiger partial charge >= 0.3 is 0 Å². The number of hydrogen-bond donors (Lipinski definition) is 2. The summed E-state index contributed by atoms with van der Waals surface area (Å²) in [6.07, 6.45) is 0.752. The van der Waals surface area contributed by atoms with E-state index in [1.54, 1.807) is 11.3 Å².